The van der Waals surface area contributed by atoms with E-state index in [0.29, 0.717) is 25.6 Å². The molecule has 0 heterocycles. The Morgan fingerprint density at radius 3 is 2.62 bits per heavy atom. The number of nitrogens with one attached hydrogen (secondary N) is 2. The van der Waals surface area contributed by atoms with E-state index in [2.05, 4.69) is 31.4 Å². The molecule has 0 bridgehead atoms. The van der Waals surface area contributed by atoms with Crippen molar-refractivity contribution < 1.29 is 9.53 Å². The summed E-state index contributed by atoms with van der Waals surface area (Å²) in [6.45, 7) is 9.03. The average Bonchev–Trinajstić information content (AvgIpc) is 2.22. The van der Waals surface area contributed by atoms with Crippen molar-refractivity contribution in [3.8, 4) is 0 Å². The van der Waals surface area contributed by atoms with Gasteiger partial charge in [-0.3, -0.25) is 4.79 Å². The molecule has 2 N–H and O–H groups in total. The van der Waals surface area contributed by atoms with Crippen molar-refractivity contribution in [2.45, 2.75) is 46.1 Å². The van der Waals surface area contributed by atoms with Crippen LogP contribution in [-0.2, 0) is 9.53 Å². The van der Waals surface area contributed by atoms with Gasteiger partial charge in [0.15, 0.2) is 0 Å². The van der Waals surface area contributed by atoms with Gasteiger partial charge in [-0.1, -0.05) is 27.2 Å². The molecule has 0 spiro atoms. The quantitative estimate of drug-likeness (QED) is 0.556. The Bertz CT molecular complexity index is 172. The molecule has 1 amide bonds. The maximum atomic E-state index is 11.3. The fourth-order valence-electron chi connectivity index (χ4n) is 1.17. The molecule has 4 heteroatoms. The van der Waals surface area contributed by atoms with Crippen LogP contribution in [0.4, 0.5) is 0 Å². The highest BCUT2D eigenvalue weighted by Gasteiger charge is 2.00. The van der Waals surface area contributed by atoms with E-state index < -0.39 is 0 Å². The fourth-order valence-corrected chi connectivity index (χ4v) is 1.17. The predicted molar refractivity (Wildman–Crippen MR) is 66.5 cm³/mol. The lowest BCUT2D eigenvalue weighted by Gasteiger charge is -2.08. The Morgan fingerprint density at radius 1 is 1.25 bits per heavy atom. The van der Waals surface area contributed by atoms with Gasteiger partial charge < -0.3 is 15.4 Å². The lowest BCUT2D eigenvalue weighted by Crippen LogP contribution is -2.32. The van der Waals surface area contributed by atoms with Crippen molar-refractivity contribution in [2.24, 2.45) is 0 Å². The summed E-state index contributed by atoms with van der Waals surface area (Å²) >= 11 is 0. The zero-order valence-electron chi connectivity index (χ0n) is 10.8. The van der Waals surface area contributed by atoms with E-state index in [9.17, 15) is 4.79 Å². The molecule has 0 aromatic rings. The van der Waals surface area contributed by atoms with Gasteiger partial charge in [-0.25, -0.2) is 0 Å². The Labute approximate surface area is 99.1 Å². The topological polar surface area (TPSA) is 50.4 Å². The van der Waals surface area contributed by atoms with E-state index >= 15 is 0 Å². The summed E-state index contributed by atoms with van der Waals surface area (Å²) < 4.78 is 5.34. The zero-order valence-corrected chi connectivity index (χ0v) is 10.8. The number of ether oxygens (including phenoxy) is 1. The molecule has 0 aliphatic rings. The van der Waals surface area contributed by atoms with E-state index in [-0.39, 0.29) is 5.91 Å². The van der Waals surface area contributed by atoms with Gasteiger partial charge >= 0.3 is 0 Å². The maximum absolute atomic E-state index is 11.3. The molecule has 0 radical (unpaired) electrons. The van der Waals surface area contributed by atoms with Crippen LogP contribution in [-0.4, -0.2) is 38.3 Å². The first-order chi connectivity index (χ1) is 7.66. The highest BCUT2D eigenvalue weighted by Crippen LogP contribution is 1.87. The highest BCUT2D eigenvalue weighted by molar-refractivity contribution is 5.75. The van der Waals surface area contributed by atoms with E-state index in [4.69, 9.17) is 4.74 Å². The second-order valence-electron chi connectivity index (χ2n) is 4.17. The van der Waals surface area contributed by atoms with Gasteiger partial charge in [-0.15, -0.1) is 0 Å². The van der Waals surface area contributed by atoms with Crippen LogP contribution in [0, 0.1) is 0 Å². The third-order valence-corrected chi connectivity index (χ3v) is 2.12. The molecular weight excluding hydrogens is 204 g/mol. The Morgan fingerprint density at radius 2 is 2.00 bits per heavy atom. The lowest BCUT2D eigenvalue weighted by molar-refractivity contribution is -0.121. The molecule has 0 saturated heterocycles. The summed E-state index contributed by atoms with van der Waals surface area (Å²) in [5, 5.41) is 6.03. The number of amides is 1. The Hall–Kier alpha value is -0.610. The molecule has 96 valence electrons. The van der Waals surface area contributed by atoms with Crippen molar-refractivity contribution >= 4 is 5.91 Å². The lowest BCUT2D eigenvalue weighted by atomic mass is 10.3. The molecule has 0 unspecified atom stereocenters. The number of rotatable bonds is 10. The second kappa shape index (κ2) is 10.9. The molecule has 0 aliphatic carbocycles. The van der Waals surface area contributed by atoms with Gasteiger partial charge in [0.2, 0.25) is 5.91 Å². The molecule has 0 rings (SSSR count). The van der Waals surface area contributed by atoms with E-state index in [1.807, 2.05) is 0 Å². The summed E-state index contributed by atoms with van der Waals surface area (Å²) in [7, 11) is 0. The second-order valence-corrected chi connectivity index (χ2v) is 4.17. The minimum absolute atomic E-state index is 0.0900. The van der Waals surface area contributed by atoms with E-state index in [1.165, 1.54) is 0 Å². The van der Waals surface area contributed by atoms with Gasteiger partial charge in [0.05, 0.1) is 6.61 Å². The predicted octanol–water partition coefficient (Wildman–Crippen LogP) is 1.31. The summed E-state index contributed by atoms with van der Waals surface area (Å²) in [4.78, 5) is 11.3. The highest BCUT2D eigenvalue weighted by atomic mass is 16.5. The van der Waals surface area contributed by atoms with Crippen LogP contribution < -0.4 is 10.6 Å². The first-order valence-electron chi connectivity index (χ1n) is 6.24. The van der Waals surface area contributed by atoms with Crippen LogP contribution in [0.3, 0.4) is 0 Å². The van der Waals surface area contributed by atoms with Crippen molar-refractivity contribution in [1.82, 2.24) is 10.6 Å². The molecule has 4 nitrogen and oxygen atoms in total. The smallest absolute Gasteiger partial charge is 0.221 e. The standard InChI is InChI=1S/C12H26N2O2/c1-4-5-9-16-10-8-14-12(15)6-7-13-11(2)3/h11,13H,4-10H2,1-3H3,(H,14,15). The first-order valence-corrected chi connectivity index (χ1v) is 6.24. The molecule has 0 aliphatic heterocycles. The molecule has 0 aromatic heterocycles. The molecule has 0 aromatic carbocycles. The van der Waals surface area contributed by atoms with Crippen molar-refractivity contribution in [2.75, 3.05) is 26.3 Å². The molecular formula is C12H26N2O2. The van der Waals surface area contributed by atoms with Crippen LogP contribution in [0.1, 0.15) is 40.0 Å². The normalized spacial score (nSPS) is 10.8. The third-order valence-electron chi connectivity index (χ3n) is 2.12. The average molecular weight is 230 g/mol. The summed E-state index contributed by atoms with van der Waals surface area (Å²) in [5.41, 5.74) is 0. The van der Waals surface area contributed by atoms with Crippen LogP contribution in [0.5, 0.6) is 0 Å². The van der Waals surface area contributed by atoms with Crippen LogP contribution in [0.15, 0.2) is 0 Å². The van der Waals surface area contributed by atoms with Crippen molar-refractivity contribution in [3.63, 3.8) is 0 Å². The van der Waals surface area contributed by atoms with E-state index in [1.54, 1.807) is 0 Å². The van der Waals surface area contributed by atoms with Crippen molar-refractivity contribution in [3.05, 3.63) is 0 Å². The van der Waals surface area contributed by atoms with Crippen LogP contribution >= 0.6 is 0 Å². The first kappa shape index (κ1) is 15.4. The summed E-state index contributed by atoms with van der Waals surface area (Å²) in [5.74, 6) is 0.0900. The molecule has 0 fully saturated rings. The van der Waals surface area contributed by atoms with E-state index in [0.717, 1.165) is 26.0 Å². The zero-order chi connectivity index (χ0) is 12.2. The van der Waals surface area contributed by atoms with Gasteiger partial charge in [-0.2, -0.15) is 0 Å². The number of unbranched alkanes of at least 4 members (excludes halogenated alkanes) is 1. The fraction of sp³-hybridized carbons (Fsp3) is 0.917. The van der Waals surface area contributed by atoms with Gasteiger partial charge in [0, 0.05) is 32.2 Å². The van der Waals surface area contributed by atoms with Crippen LogP contribution in [0.25, 0.3) is 0 Å². The van der Waals surface area contributed by atoms with Crippen molar-refractivity contribution in [1.29, 1.82) is 0 Å². The summed E-state index contributed by atoms with van der Waals surface area (Å²) in [6, 6.07) is 0.435. The Kier molecular flexibility index (Phi) is 10.5. The molecule has 0 atom stereocenters. The number of carbonyl (C=O) groups excluding carboxylic acids is 1. The monoisotopic (exact) mass is 230 g/mol. The van der Waals surface area contributed by atoms with Gasteiger partial charge in [-0.05, 0) is 6.42 Å². The minimum Gasteiger partial charge on any atom is -0.380 e. The number of carbonyl (C=O) groups is 1. The van der Waals surface area contributed by atoms with Crippen LogP contribution in [0.2, 0.25) is 0 Å². The minimum atomic E-state index is 0.0900. The molecule has 0 saturated carbocycles. The largest absolute Gasteiger partial charge is 0.380 e. The number of hydrogen-bond acceptors (Lipinski definition) is 3. The Balaban J connectivity index is 3.17. The number of hydrogen-bond donors (Lipinski definition) is 2. The maximum Gasteiger partial charge on any atom is 0.221 e. The molecule has 16 heavy (non-hydrogen) atoms. The van der Waals surface area contributed by atoms with Gasteiger partial charge in [0.25, 0.3) is 0 Å². The SMILES string of the molecule is CCCCOCCNC(=O)CCNC(C)C. The van der Waals surface area contributed by atoms with Gasteiger partial charge in [0.1, 0.15) is 0 Å². The summed E-state index contributed by atoms with van der Waals surface area (Å²) in [6.07, 6.45) is 2.77. The third kappa shape index (κ3) is 11.5.